The molecule has 0 radical (unpaired) electrons. The normalized spacial score (nSPS) is 14.7. The Hall–Kier alpha value is -2.13. The summed E-state index contributed by atoms with van der Waals surface area (Å²) in [6.07, 6.45) is 2.18. The minimum Gasteiger partial charge on any atom is -0.492 e. The Morgan fingerprint density at radius 3 is 2.79 bits per heavy atom. The molecule has 126 valence electrons. The fourth-order valence-electron chi connectivity index (χ4n) is 3.03. The fraction of sp³-hybridized carbons (Fsp3) is 0.381. The second-order valence-corrected chi connectivity index (χ2v) is 6.45. The van der Waals surface area contributed by atoms with Gasteiger partial charge in [-0.3, -0.25) is 4.99 Å². The Bertz CT molecular complexity index is 749. The predicted octanol–water partition coefficient (Wildman–Crippen LogP) is 5.04. The van der Waals surface area contributed by atoms with E-state index in [-0.39, 0.29) is 0 Å². The third-order valence-electron chi connectivity index (χ3n) is 4.38. The second-order valence-electron chi connectivity index (χ2n) is 6.45. The molecular formula is C21H26N2O. The van der Waals surface area contributed by atoms with Gasteiger partial charge in [0.25, 0.3) is 0 Å². The van der Waals surface area contributed by atoms with Crippen molar-refractivity contribution in [1.82, 2.24) is 5.32 Å². The molecule has 1 N–H and O–H groups in total. The Morgan fingerprint density at radius 2 is 1.96 bits per heavy atom. The Balaban J connectivity index is 1.95. The van der Waals surface area contributed by atoms with Crippen molar-refractivity contribution >= 4 is 11.4 Å². The monoisotopic (exact) mass is 322 g/mol. The first kappa shape index (κ1) is 16.7. The molecule has 1 aliphatic heterocycles. The van der Waals surface area contributed by atoms with Crippen molar-refractivity contribution in [1.29, 1.82) is 0 Å². The number of rotatable bonds is 4. The molecule has 2 aromatic rings. The molecule has 24 heavy (non-hydrogen) atoms. The molecule has 0 amide bonds. The van der Waals surface area contributed by atoms with Crippen LogP contribution in [-0.4, -0.2) is 18.9 Å². The molecule has 0 bridgehead atoms. The smallest absolute Gasteiger partial charge is 0.123 e. The SMILES string of the molecule is CCCC(C)=Nc1cc(-c2ccc3c(c2)CNCCO3)ccc1C. The van der Waals surface area contributed by atoms with Crippen LogP contribution in [0.15, 0.2) is 41.4 Å². The van der Waals surface area contributed by atoms with Gasteiger partial charge >= 0.3 is 0 Å². The van der Waals surface area contributed by atoms with Gasteiger partial charge in [0.1, 0.15) is 12.4 Å². The summed E-state index contributed by atoms with van der Waals surface area (Å²) < 4.78 is 5.78. The molecule has 2 aromatic carbocycles. The summed E-state index contributed by atoms with van der Waals surface area (Å²) in [5.74, 6) is 0.993. The van der Waals surface area contributed by atoms with Crippen LogP contribution in [0.25, 0.3) is 11.1 Å². The highest BCUT2D eigenvalue weighted by atomic mass is 16.5. The summed E-state index contributed by atoms with van der Waals surface area (Å²) in [5.41, 5.74) is 7.12. The van der Waals surface area contributed by atoms with Gasteiger partial charge in [-0.05, 0) is 55.2 Å². The van der Waals surface area contributed by atoms with Crippen LogP contribution < -0.4 is 10.1 Å². The number of fused-ring (bicyclic) bond motifs is 1. The van der Waals surface area contributed by atoms with Gasteiger partial charge in [-0.25, -0.2) is 0 Å². The van der Waals surface area contributed by atoms with Crippen LogP contribution in [0.3, 0.4) is 0 Å². The topological polar surface area (TPSA) is 33.6 Å². The first-order valence-corrected chi connectivity index (χ1v) is 8.79. The zero-order valence-corrected chi connectivity index (χ0v) is 14.9. The highest BCUT2D eigenvalue weighted by Gasteiger charge is 2.10. The van der Waals surface area contributed by atoms with Crippen LogP contribution in [0, 0.1) is 6.92 Å². The van der Waals surface area contributed by atoms with Crippen LogP contribution in [0.2, 0.25) is 0 Å². The van der Waals surface area contributed by atoms with Crippen molar-refractivity contribution in [3.8, 4) is 16.9 Å². The Kier molecular flexibility index (Phi) is 5.31. The lowest BCUT2D eigenvalue weighted by Gasteiger charge is -2.11. The van der Waals surface area contributed by atoms with E-state index in [0.29, 0.717) is 0 Å². The molecule has 0 saturated carbocycles. The van der Waals surface area contributed by atoms with Gasteiger partial charge in [-0.1, -0.05) is 31.5 Å². The van der Waals surface area contributed by atoms with Gasteiger partial charge in [0, 0.05) is 24.4 Å². The van der Waals surface area contributed by atoms with Crippen LogP contribution in [0.1, 0.15) is 37.8 Å². The van der Waals surface area contributed by atoms with E-state index in [4.69, 9.17) is 9.73 Å². The number of hydrogen-bond acceptors (Lipinski definition) is 3. The number of benzene rings is 2. The van der Waals surface area contributed by atoms with Gasteiger partial charge in [-0.15, -0.1) is 0 Å². The number of nitrogens with zero attached hydrogens (tertiary/aromatic N) is 1. The molecule has 0 saturated heterocycles. The first-order valence-electron chi connectivity index (χ1n) is 8.79. The Labute approximate surface area is 144 Å². The average Bonchev–Trinajstić information content (AvgIpc) is 2.81. The lowest BCUT2D eigenvalue weighted by molar-refractivity contribution is 0.326. The first-order chi connectivity index (χ1) is 11.7. The Morgan fingerprint density at radius 1 is 1.17 bits per heavy atom. The fourth-order valence-corrected chi connectivity index (χ4v) is 3.03. The number of hydrogen-bond donors (Lipinski definition) is 1. The summed E-state index contributed by atoms with van der Waals surface area (Å²) in [6.45, 7) is 8.90. The van der Waals surface area contributed by atoms with Gasteiger partial charge in [0.2, 0.25) is 0 Å². The standard InChI is InChI=1S/C21H26N2O/c1-4-5-16(3)23-20-13-18(7-6-15(20)2)17-8-9-21-19(12-17)14-22-10-11-24-21/h6-9,12-13,22H,4-5,10-11,14H2,1-3H3. The quantitative estimate of drug-likeness (QED) is 0.800. The molecule has 0 unspecified atom stereocenters. The largest absolute Gasteiger partial charge is 0.492 e. The van der Waals surface area contributed by atoms with E-state index in [1.165, 1.54) is 28.0 Å². The molecular weight excluding hydrogens is 296 g/mol. The van der Waals surface area contributed by atoms with E-state index in [1.807, 2.05) is 0 Å². The zero-order chi connectivity index (χ0) is 16.9. The van der Waals surface area contributed by atoms with Gasteiger partial charge in [0.05, 0.1) is 5.69 Å². The molecule has 3 rings (SSSR count). The maximum absolute atomic E-state index is 5.78. The molecule has 1 aliphatic rings. The van der Waals surface area contributed by atoms with E-state index >= 15 is 0 Å². The van der Waals surface area contributed by atoms with Crippen LogP contribution in [0.5, 0.6) is 5.75 Å². The summed E-state index contributed by atoms with van der Waals surface area (Å²) in [5, 5.41) is 3.40. The molecule has 0 spiro atoms. The molecule has 3 heteroatoms. The minimum atomic E-state index is 0.729. The number of ether oxygens (including phenoxy) is 1. The maximum atomic E-state index is 5.78. The van der Waals surface area contributed by atoms with E-state index in [1.54, 1.807) is 0 Å². The van der Waals surface area contributed by atoms with Gasteiger partial charge < -0.3 is 10.1 Å². The van der Waals surface area contributed by atoms with Crippen molar-refractivity contribution < 1.29 is 4.74 Å². The van der Waals surface area contributed by atoms with Crippen LogP contribution in [-0.2, 0) is 6.54 Å². The van der Waals surface area contributed by atoms with E-state index < -0.39 is 0 Å². The molecule has 0 atom stereocenters. The van der Waals surface area contributed by atoms with E-state index in [9.17, 15) is 0 Å². The van der Waals surface area contributed by atoms with Crippen molar-refractivity contribution in [2.45, 2.75) is 40.2 Å². The second kappa shape index (κ2) is 7.63. The van der Waals surface area contributed by atoms with Gasteiger partial charge in [0.15, 0.2) is 0 Å². The van der Waals surface area contributed by atoms with E-state index in [0.717, 1.165) is 44.0 Å². The lowest BCUT2D eigenvalue weighted by Crippen LogP contribution is -2.16. The highest BCUT2D eigenvalue weighted by molar-refractivity contribution is 5.85. The zero-order valence-electron chi connectivity index (χ0n) is 14.9. The number of nitrogens with one attached hydrogen (secondary N) is 1. The molecule has 0 aromatic heterocycles. The third kappa shape index (κ3) is 3.85. The molecule has 0 aliphatic carbocycles. The number of aryl methyl sites for hydroxylation is 1. The molecule has 0 fully saturated rings. The summed E-state index contributed by atoms with van der Waals surface area (Å²) in [4.78, 5) is 4.82. The molecule has 3 nitrogen and oxygen atoms in total. The average molecular weight is 322 g/mol. The third-order valence-corrected chi connectivity index (χ3v) is 4.38. The molecule has 1 heterocycles. The summed E-state index contributed by atoms with van der Waals surface area (Å²) in [7, 11) is 0. The highest BCUT2D eigenvalue weighted by Crippen LogP contribution is 2.31. The minimum absolute atomic E-state index is 0.729. The van der Waals surface area contributed by atoms with Crippen molar-refractivity contribution in [3.05, 3.63) is 47.5 Å². The maximum Gasteiger partial charge on any atom is 0.123 e. The predicted molar refractivity (Wildman–Crippen MR) is 101 cm³/mol. The lowest BCUT2D eigenvalue weighted by atomic mass is 10.00. The van der Waals surface area contributed by atoms with Crippen molar-refractivity contribution in [2.24, 2.45) is 4.99 Å². The van der Waals surface area contributed by atoms with Crippen molar-refractivity contribution in [3.63, 3.8) is 0 Å². The van der Waals surface area contributed by atoms with E-state index in [2.05, 4.69) is 62.5 Å². The van der Waals surface area contributed by atoms with Crippen LogP contribution >= 0.6 is 0 Å². The summed E-state index contributed by atoms with van der Waals surface area (Å²) >= 11 is 0. The van der Waals surface area contributed by atoms with Crippen molar-refractivity contribution in [2.75, 3.05) is 13.2 Å². The van der Waals surface area contributed by atoms with Gasteiger partial charge in [-0.2, -0.15) is 0 Å². The van der Waals surface area contributed by atoms with Crippen LogP contribution in [0.4, 0.5) is 5.69 Å². The summed E-state index contributed by atoms with van der Waals surface area (Å²) in [6, 6.07) is 13.0. The number of aliphatic imine (C=N–C) groups is 1.